The Morgan fingerprint density at radius 1 is 1.36 bits per heavy atom. The third-order valence-corrected chi connectivity index (χ3v) is 5.82. The van der Waals surface area contributed by atoms with Crippen molar-refractivity contribution in [2.75, 3.05) is 13.2 Å². The highest BCUT2D eigenvalue weighted by Gasteiger charge is 2.33. The van der Waals surface area contributed by atoms with Gasteiger partial charge in [0.25, 0.3) is 0 Å². The van der Waals surface area contributed by atoms with Crippen LogP contribution < -0.4 is 5.32 Å². The number of aromatic nitrogens is 3. The van der Waals surface area contributed by atoms with Crippen LogP contribution in [-0.2, 0) is 14.3 Å². The molecule has 0 bridgehead atoms. The van der Waals surface area contributed by atoms with Crippen molar-refractivity contribution in [1.29, 1.82) is 0 Å². The highest BCUT2D eigenvalue weighted by Crippen LogP contribution is 2.32. The van der Waals surface area contributed by atoms with Gasteiger partial charge in [0.15, 0.2) is 5.78 Å². The number of ether oxygens (including phenoxy) is 1. The van der Waals surface area contributed by atoms with Gasteiger partial charge in [0.1, 0.15) is 23.4 Å². The van der Waals surface area contributed by atoms with E-state index in [1.54, 1.807) is 18.5 Å². The SMILES string of the molecule is C[C@@H](OC1=CN=C(C(=O)C2CC2)CC1)c1cnn(C2=CC[C@H](C(=O)NCCCO)C(F)=C2)n1. The quantitative estimate of drug-likeness (QED) is 0.522. The van der Waals surface area contributed by atoms with E-state index in [0.29, 0.717) is 48.7 Å². The Kier molecular flexibility index (Phi) is 7.12. The minimum absolute atomic E-state index is 0.0333. The van der Waals surface area contributed by atoms with Crippen molar-refractivity contribution in [3.63, 3.8) is 0 Å². The lowest BCUT2D eigenvalue weighted by atomic mass is 9.97. The van der Waals surface area contributed by atoms with Crippen molar-refractivity contribution in [3.05, 3.63) is 41.8 Å². The third-order valence-electron chi connectivity index (χ3n) is 5.82. The Morgan fingerprint density at radius 2 is 2.18 bits per heavy atom. The molecule has 1 fully saturated rings. The van der Waals surface area contributed by atoms with Crippen molar-refractivity contribution in [2.24, 2.45) is 16.8 Å². The summed E-state index contributed by atoms with van der Waals surface area (Å²) < 4.78 is 20.5. The third kappa shape index (κ3) is 5.62. The van der Waals surface area contributed by atoms with Gasteiger partial charge in [-0.05, 0) is 38.7 Å². The maximum atomic E-state index is 14.5. The zero-order valence-corrected chi connectivity index (χ0v) is 18.5. The number of carbonyl (C=O) groups excluding carboxylic acids is 2. The van der Waals surface area contributed by atoms with Gasteiger partial charge in [-0.15, -0.1) is 5.10 Å². The molecule has 10 heteroatoms. The summed E-state index contributed by atoms with van der Waals surface area (Å²) in [6.45, 7) is 2.11. The number of aliphatic imine (C=N–C) groups is 1. The molecule has 176 valence electrons. The van der Waals surface area contributed by atoms with E-state index in [2.05, 4.69) is 20.5 Å². The molecule has 1 aromatic rings. The van der Waals surface area contributed by atoms with Crippen molar-refractivity contribution < 1.29 is 23.8 Å². The molecule has 1 aromatic heterocycles. The molecule has 1 amide bonds. The van der Waals surface area contributed by atoms with Gasteiger partial charge in [0.2, 0.25) is 5.91 Å². The minimum Gasteiger partial charge on any atom is -0.487 e. The minimum atomic E-state index is -0.889. The molecule has 0 saturated heterocycles. The van der Waals surface area contributed by atoms with Gasteiger partial charge >= 0.3 is 0 Å². The smallest absolute Gasteiger partial charge is 0.230 e. The number of nitrogens with zero attached hydrogens (tertiary/aromatic N) is 4. The second kappa shape index (κ2) is 10.2. The molecule has 3 aliphatic rings. The Morgan fingerprint density at radius 3 is 2.85 bits per heavy atom. The molecule has 2 atom stereocenters. The highest BCUT2D eigenvalue weighted by atomic mass is 19.1. The first-order valence-electron chi connectivity index (χ1n) is 11.3. The monoisotopic (exact) mass is 457 g/mol. The molecule has 0 unspecified atom stereocenters. The maximum Gasteiger partial charge on any atom is 0.230 e. The second-order valence-electron chi connectivity index (χ2n) is 8.44. The van der Waals surface area contributed by atoms with Crippen LogP contribution in [0, 0.1) is 11.8 Å². The van der Waals surface area contributed by atoms with E-state index in [9.17, 15) is 14.0 Å². The van der Waals surface area contributed by atoms with Crippen molar-refractivity contribution >= 4 is 23.1 Å². The van der Waals surface area contributed by atoms with Crippen LogP contribution in [0.4, 0.5) is 4.39 Å². The number of amides is 1. The Balaban J connectivity index is 1.34. The first-order valence-corrected chi connectivity index (χ1v) is 11.3. The highest BCUT2D eigenvalue weighted by molar-refractivity contribution is 6.41. The lowest BCUT2D eigenvalue weighted by molar-refractivity contribution is -0.124. The summed E-state index contributed by atoms with van der Waals surface area (Å²) in [5.41, 5.74) is 1.63. The molecule has 0 aromatic carbocycles. The molecule has 4 rings (SSSR count). The predicted molar refractivity (Wildman–Crippen MR) is 118 cm³/mol. The zero-order valence-electron chi connectivity index (χ0n) is 18.5. The number of hydrogen-bond acceptors (Lipinski definition) is 7. The van der Waals surface area contributed by atoms with Gasteiger partial charge in [-0.3, -0.25) is 14.6 Å². The van der Waals surface area contributed by atoms with Gasteiger partial charge in [0.05, 0.1) is 29.7 Å². The van der Waals surface area contributed by atoms with E-state index >= 15 is 0 Å². The van der Waals surface area contributed by atoms with Crippen LogP contribution in [0.5, 0.6) is 0 Å². The number of rotatable bonds is 10. The van der Waals surface area contributed by atoms with E-state index < -0.39 is 23.8 Å². The molecule has 1 saturated carbocycles. The fourth-order valence-corrected chi connectivity index (χ4v) is 3.69. The van der Waals surface area contributed by atoms with Gasteiger partial charge in [-0.1, -0.05) is 6.08 Å². The number of aliphatic hydroxyl groups is 1. The molecule has 2 N–H and O–H groups in total. The van der Waals surface area contributed by atoms with Gasteiger partial charge in [-0.2, -0.15) is 9.90 Å². The average Bonchev–Trinajstić information content (AvgIpc) is 3.55. The molecule has 2 heterocycles. The summed E-state index contributed by atoms with van der Waals surface area (Å²) in [5, 5.41) is 20.0. The zero-order chi connectivity index (χ0) is 23.4. The van der Waals surface area contributed by atoms with Crippen LogP contribution in [0.25, 0.3) is 5.70 Å². The summed E-state index contributed by atoms with van der Waals surface area (Å²) in [6.07, 6.45) is 9.46. The average molecular weight is 458 g/mol. The molecular weight excluding hydrogens is 429 g/mol. The number of aliphatic hydroxyl groups excluding tert-OH is 1. The van der Waals surface area contributed by atoms with Crippen molar-refractivity contribution in [1.82, 2.24) is 20.3 Å². The topological polar surface area (TPSA) is 119 Å². The van der Waals surface area contributed by atoms with Crippen molar-refractivity contribution in [2.45, 2.75) is 51.6 Å². The van der Waals surface area contributed by atoms with E-state index in [-0.39, 0.29) is 24.7 Å². The van der Waals surface area contributed by atoms with Crippen LogP contribution in [0.2, 0.25) is 0 Å². The summed E-state index contributed by atoms with van der Waals surface area (Å²) >= 11 is 0. The van der Waals surface area contributed by atoms with E-state index in [4.69, 9.17) is 9.84 Å². The number of Topliss-reactive ketones (excluding diaryl/α,β-unsaturated/α-hetero) is 1. The summed E-state index contributed by atoms with van der Waals surface area (Å²) in [5.74, 6) is -0.847. The number of hydrogen-bond donors (Lipinski definition) is 2. The van der Waals surface area contributed by atoms with Crippen LogP contribution in [-0.4, -0.2) is 50.7 Å². The van der Waals surface area contributed by atoms with Crippen LogP contribution in [0.3, 0.4) is 0 Å². The number of carbonyl (C=O) groups is 2. The van der Waals surface area contributed by atoms with Crippen LogP contribution in [0.1, 0.15) is 57.2 Å². The van der Waals surface area contributed by atoms with E-state index in [1.165, 1.54) is 10.9 Å². The summed E-state index contributed by atoms with van der Waals surface area (Å²) in [6, 6.07) is 0. The number of allylic oxidation sites excluding steroid dienone is 4. The number of ketones is 1. The second-order valence-corrected chi connectivity index (χ2v) is 8.44. The fraction of sp³-hybridized carbons (Fsp3) is 0.522. The molecular formula is C23H28FN5O4. The molecule has 1 aliphatic heterocycles. The lowest BCUT2D eigenvalue weighted by Crippen LogP contribution is -2.32. The van der Waals surface area contributed by atoms with Crippen molar-refractivity contribution in [3.8, 4) is 0 Å². The fourth-order valence-electron chi connectivity index (χ4n) is 3.69. The normalized spacial score (nSPS) is 21.4. The largest absolute Gasteiger partial charge is 0.487 e. The first-order chi connectivity index (χ1) is 16.0. The predicted octanol–water partition coefficient (Wildman–Crippen LogP) is 2.62. The molecule has 0 radical (unpaired) electrons. The maximum absolute atomic E-state index is 14.5. The number of halogens is 1. The number of nitrogens with one attached hydrogen (secondary N) is 1. The Hall–Kier alpha value is -3.14. The van der Waals surface area contributed by atoms with Crippen LogP contribution >= 0.6 is 0 Å². The summed E-state index contributed by atoms with van der Waals surface area (Å²) in [7, 11) is 0. The Labute approximate surface area is 191 Å². The van der Waals surface area contributed by atoms with Gasteiger partial charge in [-0.25, -0.2) is 4.39 Å². The van der Waals surface area contributed by atoms with Crippen LogP contribution in [0.15, 0.2) is 41.1 Å². The molecule has 9 nitrogen and oxygen atoms in total. The molecule has 2 aliphatic carbocycles. The van der Waals surface area contributed by atoms with Gasteiger partial charge in [0, 0.05) is 31.9 Å². The lowest BCUT2D eigenvalue weighted by Gasteiger charge is -2.18. The first kappa shape index (κ1) is 23.0. The van der Waals surface area contributed by atoms with Gasteiger partial charge < -0.3 is 15.2 Å². The standard InChI is InChI=1S/C23H28FN5O4/c1-14(33-17-6-8-20(26-12-17)22(31)15-3-4-15)21-13-27-29(28-21)16-5-7-18(19(24)11-16)23(32)25-9-2-10-30/h5,11-15,18,30H,2-4,6-10H2,1H3,(H,25,32)/t14-,18+/m1/s1. The van der Waals surface area contributed by atoms with E-state index in [1.807, 2.05) is 6.92 Å². The summed E-state index contributed by atoms with van der Waals surface area (Å²) in [4.78, 5) is 29.8. The molecule has 0 spiro atoms. The molecule has 33 heavy (non-hydrogen) atoms. The van der Waals surface area contributed by atoms with E-state index in [0.717, 1.165) is 12.8 Å². The Bertz CT molecular complexity index is 1040.